The van der Waals surface area contributed by atoms with Crippen LogP contribution in [0.15, 0.2) is 30.3 Å². The fourth-order valence-electron chi connectivity index (χ4n) is 4.99. The van der Waals surface area contributed by atoms with E-state index in [-0.39, 0.29) is 0 Å². The van der Waals surface area contributed by atoms with Crippen LogP contribution in [0.1, 0.15) is 49.1 Å². The Kier molecular flexibility index (Phi) is 6.04. The smallest absolute Gasteiger partial charge is 0.116 e. The number of aryl methyl sites for hydroxylation is 1. The molecule has 0 spiro atoms. The number of aromatic nitrogens is 3. The normalized spacial score (nSPS) is 13.1. The highest BCUT2D eigenvalue weighted by molar-refractivity contribution is 6.10. The van der Waals surface area contributed by atoms with Gasteiger partial charge in [0.25, 0.3) is 0 Å². The molecule has 2 heterocycles. The highest BCUT2D eigenvalue weighted by Crippen LogP contribution is 2.39. The first-order chi connectivity index (χ1) is 16.6. The maximum absolute atomic E-state index is 7.71. The molecule has 0 saturated carbocycles. The molecule has 172 valence electrons. The zero-order chi connectivity index (χ0) is 23.7. The van der Waals surface area contributed by atoms with E-state index in [4.69, 9.17) is 16.1 Å². The SMILES string of the molecule is CCN(CC)CC#Cc1[nH]nc2ccc3nc(-c4ccc(N)c(C=N)c4)c4c(c3c12)CCCC4. The molecular formula is C28H30N6. The summed E-state index contributed by atoms with van der Waals surface area (Å²) in [5, 5.41) is 17.7. The number of nitrogens with zero attached hydrogens (tertiary/aromatic N) is 3. The number of anilines is 1. The summed E-state index contributed by atoms with van der Waals surface area (Å²) in [7, 11) is 0. The van der Waals surface area contributed by atoms with Crippen molar-refractivity contribution in [3.8, 4) is 23.1 Å². The van der Waals surface area contributed by atoms with Crippen molar-refractivity contribution in [1.82, 2.24) is 20.1 Å². The summed E-state index contributed by atoms with van der Waals surface area (Å²) >= 11 is 0. The predicted molar refractivity (Wildman–Crippen MR) is 140 cm³/mol. The van der Waals surface area contributed by atoms with Gasteiger partial charge in [-0.05, 0) is 80.1 Å². The van der Waals surface area contributed by atoms with Crippen LogP contribution < -0.4 is 5.73 Å². The minimum absolute atomic E-state index is 0.612. The van der Waals surface area contributed by atoms with Gasteiger partial charge in [-0.2, -0.15) is 5.10 Å². The molecule has 0 unspecified atom stereocenters. The van der Waals surface area contributed by atoms with Gasteiger partial charge in [0.2, 0.25) is 0 Å². The maximum atomic E-state index is 7.71. The Balaban J connectivity index is 1.72. The van der Waals surface area contributed by atoms with Crippen molar-refractivity contribution < 1.29 is 0 Å². The zero-order valence-electron chi connectivity index (χ0n) is 19.8. The lowest BCUT2D eigenvalue weighted by atomic mass is 9.85. The lowest BCUT2D eigenvalue weighted by molar-refractivity contribution is 0.342. The van der Waals surface area contributed by atoms with Crippen molar-refractivity contribution in [2.24, 2.45) is 0 Å². The average Bonchev–Trinajstić information content (AvgIpc) is 3.29. The summed E-state index contributed by atoms with van der Waals surface area (Å²) in [6.07, 6.45) is 5.64. The number of fused-ring (bicyclic) bond motifs is 5. The van der Waals surface area contributed by atoms with Crippen molar-refractivity contribution in [2.45, 2.75) is 39.5 Å². The standard InChI is InChI=1S/C28H30N6/c1-3-34(4-2)15-7-10-24-27-25(33-32-24)14-13-23-26(27)20-8-5-6-9-21(20)28(31-23)18-11-12-22(30)19(16-18)17-29/h11-14,16-17,29H,3-6,8-9,15,30H2,1-2H3,(H,32,33). The Bertz CT molecular complexity index is 1450. The molecule has 1 aliphatic rings. The van der Waals surface area contributed by atoms with Crippen LogP contribution in [0, 0.1) is 17.3 Å². The summed E-state index contributed by atoms with van der Waals surface area (Å²) in [5.74, 6) is 6.69. The zero-order valence-corrected chi connectivity index (χ0v) is 19.8. The van der Waals surface area contributed by atoms with E-state index in [1.165, 1.54) is 22.7 Å². The van der Waals surface area contributed by atoms with E-state index in [1.807, 2.05) is 24.3 Å². The molecular weight excluding hydrogens is 420 g/mol. The molecule has 0 bridgehead atoms. The van der Waals surface area contributed by atoms with Crippen LogP contribution in [0.2, 0.25) is 0 Å². The molecule has 34 heavy (non-hydrogen) atoms. The Morgan fingerprint density at radius 3 is 2.59 bits per heavy atom. The lowest BCUT2D eigenvalue weighted by Crippen LogP contribution is -2.22. The van der Waals surface area contributed by atoms with Crippen LogP contribution in [-0.4, -0.2) is 45.9 Å². The fraction of sp³-hybridized carbons (Fsp3) is 0.321. The molecule has 4 aromatic rings. The van der Waals surface area contributed by atoms with Gasteiger partial charge in [0.15, 0.2) is 0 Å². The summed E-state index contributed by atoms with van der Waals surface area (Å²) in [6, 6.07) is 9.97. The van der Waals surface area contributed by atoms with Crippen molar-refractivity contribution in [2.75, 3.05) is 25.4 Å². The summed E-state index contributed by atoms with van der Waals surface area (Å²) in [6.45, 7) is 7.04. The number of pyridine rings is 1. The van der Waals surface area contributed by atoms with Gasteiger partial charge in [-0.3, -0.25) is 10.00 Å². The molecule has 1 aliphatic carbocycles. The van der Waals surface area contributed by atoms with Crippen molar-refractivity contribution >= 4 is 33.7 Å². The highest BCUT2D eigenvalue weighted by atomic mass is 15.1. The number of hydrogen-bond donors (Lipinski definition) is 3. The third-order valence-corrected chi connectivity index (χ3v) is 6.91. The van der Waals surface area contributed by atoms with Crippen molar-refractivity contribution in [3.63, 3.8) is 0 Å². The molecule has 0 fully saturated rings. The third-order valence-electron chi connectivity index (χ3n) is 6.91. The number of nitrogens with two attached hydrogens (primary N) is 1. The van der Waals surface area contributed by atoms with Crippen LogP contribution in [-0.2, 0) is 12.8 Å². The summed E-state index contributed by atoms with van der Waals surface area (Å²) < 4.78 is 0. The number of benzene rings is 2. The molecule has 0 saturated heterocycles. The van der Waals surface area contributed by atoms with Gasteiger partial charge in [0, 0.05) is 33.8 Å². The van der Waals surface area contributed by atoms with E-state index < -0.39 is 0 Å². The minimum Gasteiger partial charge on any atom is -0.398 e. The molecule has 2 aromatic carbocycles. The van der Waals surface area contributed by atoms with Crippen LogP contribution in [0.4, 0.5) is 5.69 Å². The van der Waals surface area contributed by atoms with E-state index in [0.29, 0.717) is 5.69 Å². The Morgan fingerprint density at radius 2 is 1.82 bits per heavy atom. The number of nitrogens with one attached hydrogen (secondary N) is 2. The number of nitrogen functional groups attached to an aromatic ring is 1. The van der Waals surface area contributed by atoms with E-state index in [2.05, 4.69) is 46.9 Å². The second kappa shape index (κ2) is 9.28. The number of hydrogen-bond acceptors (Lipinski definition) is 5. The topological polar surface area (TPSA) is 94.7 Å². The van der Waals surface area contributed by atoms with E-state index in [9.17, 15) is 0 Å². The minimum atomic E-state index is 0.612. The Labute approximate surface area is 200 Å². The largest absolute Gasteiger partial charge is 0.398 e. The molecule has 0 radical (unpaired) electrons. The number of aromatic amines is 1. The van der Waals surface area contributed by atoms with Crippen LogP contribution in [0.5, 0.6) is 0 Å². The Morgan fingerprint density at radius 1 is 1.06 bits per heavy atom. The molecule has 6 nitrogen and oxygen atoms in total. The van der Waals surface area contributed by atoms with Crippen LogP contribution in [0.25, 0.3) is 33.1 Å². The van der Waals surface area contributed by atoms with Gasteiger partial charge in [0.1, 0.15) is 5.69 Å². The van der Waals surface area contributed by atoms with Gasteiger partial charge in [-0.1, -0.05) is 25.8 Å². The first kappa shape index (κ1) is 22.1. The average molecular weight is 451 g/mol. The lowest BCUT2D eigenvalue weighted by Gasteiger charge is -2.22. The first-order valence-electron chi connectivity index (χ1n) is 12.1. The molecule has 4 N–H and O–H groups in total. The number of H-pyrrole nitrogens is 1. The second-order valence-electron chi connectivity index (χ2n) is 8.83. The molecule has 0 atom stereocenters. The third kappa shape index (κ3) is 3.82. The molecule has 2 aromatic heterocycles. The van der Waals surface area contributed by atoms with Crippen LogP contribution >= 0.6 is 0 Å². The monoisotopic (exact) mass is 450 g/mol. The Hall–Kier alpha value is -3.69. The fourth-order valence-corrected chi connectivity index (χ4v) is 4.99. The van der Waals surface area contributed by atoms with Gasteiger partial charge < -0.3 is 11.1 Å². The quantitative estimate of drug-likeness (QED) is 0.228. The van der Waals surface area contributed by atoms with E-state index in [1.54, 1.807) is 0 Å². The van der Waals surface area contributed by atoms with Gasteiger partial charge in [-0.15, -0.1) is 0 Å². The first-order valence-corrected chi connectivity index (χ1v) is 12.1. The van der Waals surface area contributed by atoms with Crippen molar-refractivity contribution in [1.29, 1.82) is 5.41 Å². The maximum Gasteiger partial charge on any atom is 0.116 e. The highest BCUT2D eigenvalue weighted by Gasteiger charge is 2.22. The van der Waals surface area contributed by atoms with E-state index >= 15 is 0 Å². The van der Waals surface area contributed by atoms with E-state index in [0.717, 1.165) is 84.3 Å². The predicted octanol–water partition coefficient (Wildman–Crippen LogP) is 4.93. The second-order valence-corrected chi connectivity index (χ2v) is 8.83. The van der Waals surface area contributed by atoms with Gasteiger partial charge >= 0.3 is 0 Å². The number of rotatable bonds is 5. The summed E-state index contributed by atoms with van der Waals surface area (Å²) in [4.78, 5) is 7.46. The molecule has 6 heteroatoms. The molecule has 0 aliphatic heterocycles. The van der Waals surface area contributed by atoms with Gasteiger partial charge in [-0.25, -0.2) is 4.98 Å². The van der Waals surface area contributed by atoms with Gasteiger partial charge in [0.05, 0.1) is 23.3 Å². The summed E-state index contributed by atoms with van der Waals surface area (Å²) in [5.41, 5.74) is 14.8. The van der Waals surface area contributed by atoms with Crippen LogP contribution in [0.3, 0.4) is 0 Å². The molecule has 0 amide bonds. The molecule has 5 rings (SSSR count). The van der Waals surface area contributed by atoms with Crippen molar-refractivity contribution in [3.05, 3.63) is 52.7 Å².